The molecule has 0 amide bonds. The van der Waals surface area contributed by atoms with Gasteiger partial charge in [-0.15, -0.1) is 0 Å². The third-order valence-corrected chi connectivity index (χ3v) is 4.17. The lowest BCUT2D eigenvalue weighted by atomic mass is 10.3. The van der Waals surface area contributed by atoms with E-state index in [0.717, 1.165) is 35.4 Å². The van der Waals surface area contributed by atoms with Crippen molar-refractivity contribution in [2.75, 3.05) is 23.7 Å². The van der Waals surface area contributed by atoms with Crippen LogP contribution in [0.5, 0.6) is 5.75 Å². The van der Waals surface area contributed by atoms with Crippen LogP contribution in [0.1, 0.15) is 6.42 Å². The molecule has 2 aromatic rings. The van der Waals surface area contributed by atoms with Crippen LogP contribution < -0.4 is 15.4 Å². The summed E-state index contributed by atoms with van der Waals surface area (Å²) in [6, 6.07) is 15.9. The van der Waals surface area contributed by atoms with Gasteiger partial charge in [0.05, 0.1) is 12.2 Å². The summed E-state index contributed by atoms with van der Waals surface area (Å²) in [4.78, 5) is 2.35. The predicted octanol–water partition coefficient (Wildman–Crippen LogP) is 3.69. The van der Waals surface area contributed by atoms with Crippen LogP contribution in [0.3, 0.4) is 0 Å². The Morgan fingerprint density at radius 1 is 1.15 bits per heavy atom. The van der Waals surface area contributed by atoms with Gasteiger partial charge in [0.25, 0.3) is 0 Å². The summed E-state index contributed by atoms with van der Waals surface area (Å²) in [6.07, 6.45) is 1.24. The number of nitrogen functional groups attached to an aromatic ring is 1. The molecule has 1 atom stereocenters. The summed E-state index contributed by atoms with van der Waals surface area (Å²) < 4.78 is 7.14. The highest BCUT2D eigenvalue weighted by Gasteiger charge is 2.25. The maximum absolute atomic E-state index is 6.01. The van der Waals surface area contributed by atoms with Crippen molar-refractivity contribution >= 4 is 27.3 Å². The third kappa shape index (κ3) is 2.90. The smallest absolute Gasteiger partial charge is 0.121 e. The Labute approximate surface area is 127 Å². The molecular weight excluding hydrogens is 316 g/mol. The lowest BCUT2D eigenvalue weighted by molar-refractivity contribution is 0.225. The highest BCUT2D eigenvalue weighted by molar-refractivity contribution is 9.10. The van der Waals surface area contributed by atoms with Gasteiger partial charge in [-0.1, -0.05) is 18.2 Å². The SMILES string of the molecule is Nc1cccc(OC2CCN(c3ccccc3Br)C2)c1. The lowest BCUT2D eigenvalue weighted by Crippen LogP contribution is -2.24. The minimum atomic E-state index is 0.212. The molecule has 0 saturated carbocycles. The Kier molecular flexibility index (Phi) is 3.83. The maximum Gasteiger partial charge on any atom is 0.121 e. The second-order valence-corrected chi connectivity index (χ2v) is 5.85. The zero-order valence-corrected chi connectivity index (χ0v) is 12.7. The maximum atomic E-state index is 6.01. The predicted molar refractivity (Wildman–Crippen MR) is 86.2 cm³/mol. The molecule has 1 aliphatic heterocycles. The van der Waals surface area contributed by atoms with E-state index in [1.807, 2.05) is 30.3 Å². The normalized spacial score (nSPS) is 18.2. The highest BCUT2D eigenvalue weighted by atomic mass is 79.9. The summed E-state index contributed by atoms with van der Waals surface area (Å²) in [6.45, 7) is 1.91. The number of para-hydroxylation sites is 1. The first kappa shape index (κ1) is 13.3. The fourth-order valence-electron chi connectivity index (χ4n) is 2.53. The van der Waals surface area contributed by atoms with E-state index in [-0.39, 0.29) is 6.10 Å². The van der Waals surface area contributed by atoms with Crippen molar-refractivity contribution in [2.45, 2.75) is 12.5 Å². The van der Waals surface area contributed by atoms with Gasteiger partial charge in [-0.25, -0.2) is 0 Å². The molecule has 20 heavy (non-hydrogen) atoms. The standard InChI is InChI=1S/C16H17BrN2O/c17-15-6-1-2-7-16(15)19-9-8-14(11-19)20-13-5-3-4-12(18)10-13/h1-7,10,14H,8-9,11,18H2. The molecule has 2 aromatic carbocycles. The Morgan fingerprint density at radius 3 is 2.80 bits per heavy atom. The van der Waals surface area contributed by atoms with Gasteiger partial charge in [0.1, 0.15) is 11.9 Å². The van der Waals surface area contributed by atoms with Gasteiger partial charge in [-0.05, 0) is 40.2 Å². The number of anilines is 2. The first-order chi connectivity index (χ1) is 9.72. The molecule has 1 heterocycles. The summed E-state index contributed by atoms with van der Waals surface area (Å²) in [5.74, 6) is 0.851. The average Bonchev–Trinajstić information content (AvgIpc) is 2.87. The zero-order valence-electron chi connectivity index (χ0n) is 11.1. The molecule has 2 N–H and O–H groups in total. The van der Waals surface area contributed by atoms with Crippen molar-refractivity contribution in [3.05, 3.63) is 53.0 Å². The molecule has 0 aromatic heterocycles. The molecule has 0 bridgehead atoms. The molecule has 1 unspecified atom stereocenters. The molecule has 1 saturated heterocycles. The lowest BCUT2D eigenvalue weighted by Gasteiger charge is -2.20. The van der Waals surface area contributed by atoms with Crippen molar-refractivity contribution in [1.82, 2.24) is 0 Å². The molecule has 3 nitrogen and oxygen atoms in total. The van der Waals surface area contributed by atoms with Gasteiger partial charge in [0.15, 0.2) is 0 Å². The quantitative estimate of drug-likeness (QED) is 0.871. The molecule has 1 fully saturated rings. The van der Waals surface area contributed by atoms with Crippen LogP contribution in [-0.4, -0.2) is 19.2 Å². The number of rotatable bonds is 3. The van der Waals surface area contributed by atoms with Crippen molar-refractivity contribution in [3.8, 4) is 5.75 Å². The van der Waals surface area contributed by atoms with Crippen LogP contribution in [-0.2, 0) is 0 Å². The number of halogens is 1. The number of ether oxygens (including phenoxy) is 1. The van der Waals surface area contributed by atoms with E-state index < -0.39 is 0 Å². The molecule has 104 valence electrons. The number of nitrogens with two attached hydrogens (primary N) is 1. The Hall–Kier alpha value is -1.68. The van der Waals surface area contributed by atoms with Crippen molar-refractivity contribution < 1.29 is 4.74 Å². The number of benzene rings is 2. The zero-order chi connectivity index (χ0) is 13.9. The van der Waals surface area contributed by atoms with Crippen LogP contribution in [0.25, 0.3) is 0 Å². The summed E-state index contributed by atoms with van der Waals surface area (Å²) in [5.41, 5.74) is 7.74. The van der Waals surface area contributed by atoms with E-state index >= 15 is 0 Å². The van der Waals surface area contributed by atoms with Crippen molar-refractivity contribution in [2.24, 2.45) is 0 Å². The molecule has 0 aliphatic carbocycles. The van der Waals surface area contributed by atoms with E-state index in [9.17, 15) is 0 Å². The molecule has 0 radical (unpaired) electrons. The van der Waals surface area contributed by atoms with E-state index in [0.29, 0.717) is 0 Å². The Balaban J connectivity index is 1.67. The van der Waals surface area contributed by atoms with Crippen molar-refractivity contribution in [3.63, 3.8) is 0 Å². The minimum absolute atomic E-state index is 0.212. The summed E-state index contributed by atoms with van der Waals surface area (Å²) >= 11 is 3.60. The van der Waals surface area contributed by atoms with E-state index in [1.54, 1.807) is 0 Å². The first-order valence-corrected chi connectivity index (χ1v) is 7.53. The van der Waals surface area contributed by atoms with E-state index in [2.05, 4.69) is 39.0 Å². The monoisotopic (exact) mass is 332 g/mol. The van der Waals surface area contributed by atoms with E-state index in [4.69, 9.17) is 10.5 Å². The molecule has 0 spiro atoms. The topological polar surface area (TPSA) is 38.5 Å². The van der Waals surface area contributed by atoms with Gasteiger partial charge < -0.3 is 15.4 Å². The number of hydrogen-bond donors (Lipinski definition) is 1. The fraction of sp³-hybridized carbons (Fsp3) is 0.250. The van der Waals surface area contributed by atoms with Gasteiger partial charge in [0, 0.05) is 29.2 Å². The average molecular weight is 333 g/mol. The second-order valence-electron chi connectivity index (χ2n) is 5.00. The van der Waals surface area contributed by atoms with Crippen LogP contribution in [0, 0.1) is 0 Å². The Morgan fingerprint density at radius 2 is 2.00 bits per heavy atom. The second kappa shape index (κ2) is 5.75. The largest absolute Gasteiger partial charge is 0.488 e. The van der Waals surface area contributed by atoms with Crippen LogP contribution in [0.4, 0.5) is 11.4 Å². The molecule has 3 rings (SSSR count). The van der Waals surface area contributed by atoms with Crippen LogP contribution in [0.2, 0.25) is 0 Å². The molecule has 1 aliphatic rings. The van der Waals surface area contributed by atoms with Gasteiger partial charge >= 0.3 is 0 Å². The number of hydrogen-bond acceptors (Lipinski definition) is 3. The van der Waals surface area contributed by atoms with Gasteiger partial charge in [-0.3, -0.25) is 0 Å². The van der Waals surface area contributed by atoms with E-state index in [1.165, 1.54) is 5.69 Å². The fourth-order valence-corrected chi connectivity index (χ4v) is 3.07. The molecule has 4 heteroatoms. The van der Waals surface area contributed by atoms with Gasteiger partial charge in [-0.2, -0.15) is 0 Å². The number of nitrogens with zero attached hydrogens (tertiary/aromatic N) is 1. The summed E-state index contributed by atoms with van der Waals surface area (Å²) in [5, 5.41) is 0. The van der Waals surface area contributed by atoms with Crippen molar-refractivity contribution in [1.29, 1.82) is 0 Å². The molecular formula is C16H17BrN2O. The third-order valence-electron chi connectivity index (χ3n) is 3.50. The minimum Gasteiger partial charge on any atom is -0.488 e. The summed E-state index contributed by atoms with van der Waals surface area (Å²) in [7, 11) is 0. The van der Waals surface area contributed by atoms with Crippen LogP contribution in [0.15, 0.2) is 53.0 Å². The first-order valence-electron chi connectivity index (χ1n) is 6.74. The van der Waals surface area contributed by atoms with Gasteiger partial charge in [0.2, 0.25) is 0 Å². The van der Waals surface area contributed by atoms with Crippen LogP contribution >= 0.6 is 15.9 Å². The highest BCUT2D eigenvalue weighted by Crippen LogP contribution is 2.30. The Bertz CT molecular complexity index is 603.